The normalized spacial score (nSPS) is 11.4. The molecule has 0 aliphatic carbocycles. The van der Waals surface area contributed by atoms with Crippen LogP contribution in [-0.2, 0) is 13.0 Å². The first-order valence-corrected chi connectivity index (χ1v) is 7.92. The predicted octanol–water partition coefficient (Wildman–Crippen LogP) is 3.55. The minimum atomic E-state index is 0.435. The van der Waals surface area contributed by atoms with Gasteiger partial charge >= 0.3 is 0 Å². The first kappa shape index (κ1) is 16.9. The summed E-state index contributed by atoms with van der Waals surface area (Å²) in [7, 11) is 4.08. The minimum Gasteiger partial charge on any atom is -0.378 e. The second kappa shape index (κ2) is 7.68. The molecule has 0 heterocycles. The van der Waals surface area contributed by atoms with Gasteiger partial charge in [-0.2, -0.15) is 0 Å². The predicted molar refractivity (Wildman–Crippen MR) is 100 cm³/mol. The molecule has 0 saturated heterocycles. The van der Waals surface area contributed by atoms with Crippen LogP contribution >= 0.6 is 0 Å². The Kier molecular flexibility index (Phi) is 5.63. The van der Waals surface area contributed by atoms with Crippen molar-refractivity contribution in [1.29, 1.82) is 0 Å². The highest BCUT2D eigenvalue weighted by Gasteiger charge is 2.02. The van der Waals surface area contributed by atoms with Gasteiger partial charge < -0.3 is 16.0 Å². The molecule has 23 heavy (non-hydrogen) atoms. The number of hydrogen-bond donors (Lipinski definition) is 2. The lowest BCUT2D eigenvalue weighted by molar-refractivity contribution is 1.03. The number of rotatable bonds is 5. The van der Waals surface area contributed by atoms with E-state index in [0.717, 1.165) is 12.1 Å². The molecule has 0 bridgehead atoms. The second-order valence-electron chi connectivity index (χ2n) is 5.88. The zero-order chi connectivity index (χ0) is 16.8. The van der Waals surface area contributed by atoms with Gasteiger partial charge in [0, 0.05) is 25.5 Å². The average molecular weight is 310 g/mol. The van der Waals surface area contributed by atoms with E-state index < -0.39 is 0 Å². The summed E-state index contributed by atoms with van der Waals surface area (Å²) in [5.74, 6) is 0.435. The van der Waals surface area contributed by atoms with E-state index in [1.807, 2.05) is 26.2 Å². The molecule has 4 heteroatoms. The molecule has 0 aliphatic rings. The summed E-state index contributed by atoms with van der Waals surface area (Å²) < 4.78 is 0. The molecular formula is C19H26N4. The lowest BCUT2D eigenvalue weighted by Crippen LogP contribution is -2.22. The van der Waals surface area contributed by atoms with Gasteiger partial charge in [-0.1, -0.05) is 25.1 Å². The van der Waals surface area contributed by atoms with Gasteiger partial charge in [0.25, 0.3) is 0 Å². The Hall–Kier alpha value is -2.49. The number of aryl methyl sites for hydroxylation is 2. The van der Waals surface area contributed by atoms with Crippen molar-refractivity contribution >= 4 is 17.3 Å². The molecule has 0 radical (unpaired) electrons. The van der Waals surface area contributed by atoms with Crippen molar-refractivity contribution in [3.8, 4) is 0 Å². The van der Waals surface area contributed by atoms with Gasteiger partial charge in [-0.05, 0) is 54.3 Å². The number of nitrogens with two attached hydrogens (primary N) is 1. The molecule has 0 saturated carbocycles. The quantitative estimate of drug-likeness (QED) is 0.656. The summed E-state index contributed by atoms with van der Waals surface area (Å²) in [6.07, 6.45) is 1.03. The van der Waals surface area contributed by atoms with Crippen LogP contribution in [0.3, 0.4) is 0 Å². The number of guanidine groups is 1. The number of anilines is 2. The smallest absolute Gasteiger partial charge is 0.193 e. The SMILES string of the molecule is CCc1ccc(NC(N)=NCc2ccc(N(C)C)cc2C)cc1. The number of nitrogens with zero attached hydrogens (tertiary/aromatic N) is 2. The molecule has 0 atom stereocenters. The Balaban J connectivity index is 2.01. The molecule has 122 valence electrons. The molecule has 0 aromatic heterocycles. The van der Waals surface area contributed by atoms with Gasteiger partial charge in [-0.15, -0.1) is 0 Å². The highest BCUT2D eigenvalue weighted by atomic mass is 15.1. The molecule has 0 aliphatic heterocycles. The number of aliphatic imine (C=N–C) groups is 1. The van der Waals surface area contributed by atoms with Gasteiger partial charge in [0.15, 0.2) is 5.96 Å². The van der Waals surface area contributed by atoms with Crippen molar-refractivity contribution in [3.05, 3.63) is 59.2 Å². The number of nitrogens with one attached hydrogen (secondary N) is 1. The van der Waals surface area contributed by atoms with Crippen LogP contribution < -0.4 is 16.0 Å². The summed E-state index contributed by atoms with van der Waals surface area (Å²) in [6, 6.07) is 14.6. The van der Waals surface area contributed by atoms with E-state index in [2.05, 4.69) is 59.4 Å². The van der Waals surface area contributed by atoms with Crippen molar-refractivity contribution in [1.82, 2.24) is 0 Å². The molecule has 0 fully saturated rings. The third-order valence-electron chi connectivity index (χ3n) is 3.90. The van der Waals surface area contributed by atoms with Crippen LogP contribution in [0, 0.1) is 6.92 Å². The standard InChI is InChI=1S/C19H26N4/c1-5-15-6-9-17(10-7-15)22-19(20)21-13-16-8-11-18(23(3)4)12-14(16)2/h6-12H,5,13H2,1-4H3,(H3,20,21,22). The lowest BCUT2D eigenvalue weighted by atomic mass is 10.1. The largest absolute Gasteiger partial charge is 0.378 e. The maximum absolute atomic E-state index is 5.98. The van der Waals surface area contributed by atoms with Crippen LogP contribution in [0.15, 0.2) is 47.5 Å². The van der Waals surface area contributed by atoms with E-state index >= 15 is 0 Å². The highest BCUT2D eigenvalue weighted by Crippen LogP contribution is 2.18. The van der Waals surface area contributed by atoms with Crippen molar-refractivity contribution in [2.24, 2.45) is 10.7 Å². The van der Waals surface area contributed by atoms with Gasteiger partial charge in [-0.3, -0.25) is 0 Å². The topological polar surface area (TPSA) is 53.6 Å². The van der Waals surface area contributed by atoms with Crippen LogP contribution in [0.1, 0.15) is 23.6 Å². The summed E-state index contributed by atoms with van der Waals surface area (Å²) in [4.78, 5) is 6.53. The zero-order valence-corrected chi connectivity index (χ0v) is 14.4. The Morgan fingerprint density at radius 1 is 1.13 bits per heavy atom. The summed E-state index contributed by atoms with van der Waals surface area (Å²) in [6.45, 7) is 4.82. The van der Waals surface area contributed by atoms with Crippen LogP contribution in [0.2, 0.25) is 0 Å². The number of benzene rings is 2. The second-order valence-corrected chi connectivity index (χ2v) is 5.88. The van der Waals surface area contributed by atoms with Crippen LogP contribution in [-0.4, -0.2) is 20.1 Å². The summed E-state index contributed by atoms with van der Waals surface area (Å²) in [5.41, 5.74) is 11.8. The number of hydrogen-bond acceptors (Lipinski definition) is 2. The molecule has 2 aromatic carbocycles. The van der Waals surface area contributed by atoms with E-state index in [-0.39, 0.29) is 0 Å². The highest BCUT2D eigenvalue weighted by molar-refractivity contribution is 5.92. The molecular weight excluding hydrogens is 284 g/mol. The molecule has 2 aromatic rings. The fraction of sp³-hybridized carbons (Fsp3) is 0.316. The first-order chi connectivity index (χ1) is 11.0. The third-order valence-corrected chi connectivity index (χ3v) is 3.90. The Morgan fingerprint density at radius 2 is 1.83 bits per heavy atom. The van der Waals surface area contributed by atoms with Gasteiger partial charge in [-0.25, -0.2) is 4.99 Å². The third kappa shape index (κ3) is 4.74. The summed E-state index contributed by atoms with van der Waals surface area (Å²) in [5, 5.41) is 3.13. The van der Waals surface area contributed by atoms with E-state index in [1.165, 1.54) is 22.4 Å². The Labute approximate surface area is 139 Å². The molecule has 2 rings (SSSR count). The van der Waals surface area contributed by atoms with Gasteiger partial charge in [0.05, 0.1) is 6.54 Å². The van der Waals surface area contributed by atoms with Gasteiger partial charge in [0.1, 0.15) is 0 Å². The maximum atomic E-state index is 5.98. The van der Waals surface area contributed by atoms with Crippen LogP contribution in [0.25, 0.3) is 0 Å². The summed E-state index contributed by atoms with van der Waals surface area (Å²) >= 11 is 0. The molecule has 0 unspecified atom stereocenters. The molecule has 3 N–H and O–H groups in total. The van der Waals surface area contributed by atoms with E-state index in [0.29, 0.717) is 12.5 Å². The van der Waals surface area contributed by atoms with Crippen molar-refractivity contribution < 1.29 is 0 Å². The minimum absolute atomic E-state index is 0.435. The van der Waals surface area contributed by atoms with Crippen molar-refractivity contribution in [3.63, 3.8) is 0 Å². The molecule has 0 spiro atoms. The lowest BCUT2D eigenvalue weighted by Gasteiger charge is -2.14. The van der Waals surface area contributed by atoms with Gasteiger partial charge in [0.2, 0.25) is 0 Å². The fourth-order valence-electron chi connectivity index (χ4n) is 2.32. The van der Waals surface area contributed by atoms with E-state index in [1.54, 1.807) is 0 Å². The van der Waals surface area contributed by atoms with E-state index in [4.69, 9.17) is 5.73 Å². The first-order valence-electron chi connectivity index (χ1n) is 7.92. The molecule has 4 nitrogen and oxygen atoms in total. The monoisotopic (exact) mass is 310 g/mol. The van der Waals surface area contributed by atoms with Crippen molar-refractivity contribution in [2.75, 3.05) is 24.3 Å². The van der Waals surface area contributed by atoms with Crippen LogP contribution in [0.4, 0.5) is 11.4 Å². The maximum Gasteiger partial charge on any atom is 0.193 e. The Bertz CT molecular complexity index is 672. The Morgan fingerprint density at radius 3 is 2.39 bits per heavy atom. The van der Waals surface area contributed by atoms with Crippen LogP contribution in [0.5, 0.6) is 0 Å². The molecule has 0 amide bonds. The zero-order valence-electron chi connectivity index (χ0n) is 14.4. The van der Waals surface area contributed by atoms with Crippen molar-refractivity contribution in [2.45, 2.75) is 26.8 Å². The average Bonchev–Trinajstić information content (AvgIpc) is 2.54. The fourth-order valence-corrected chi connectivity index (χ4v) is 2.32. The van der Waals surface area contributed by atoms with E-state index in [9.17, 15) is 0 Å².